The maximum Gasteiger partial charge on any atom is 0.165 e. The lowest BCUT2D eigenvalue weighted by molar-refractivity contribution is -0.0399. The predicted molar refractivity (Wildman–Crippen MR) is 192 cm³/mol. The van der Waals surface area contributed by atoms with E-state index in [-0.39, 0.29) is 5.41 Å². The van der Waals surface area contributed by atoms with Gasteiger partial charge in [-0.2, -0.15) is 0 Å². The van der Waals surface area contributed by atoms with Crippen molar-refractivity contribution in [3.8, 4) is 45.4 Å². The van der Waals surface area contributed by atoms with Gasteiger partial charge in [-0.3, -0.25) is 4.98 Å². The summed E-state index contributed by atoms with van der Waals surface area (Å²) in [5.41, 5.74) is 8.45. The molecule has 5 aromatic carbocycles. The second-order valence-electron chi connectivity index (χ2n) is 14.7. The van der Waals surface area contributed by atoms with E-state index in [1.54, 1.807) is 0 Å². The van der Waals surface area contributed by atoms with Gasteiger partial charge in [0.25, 0.3) is 0 Å². The number of hydrogen-bond acceptors (Lipinski definition) is 4. The Hall–Kier alpha value is -5.22. The molecule has 0 N–H and O–H groups in total. The third kappa shape index (κ3) is 3.66. The van der Waals surface area contributed by atoms with Crippen molar-refractivity contribution in [2.45, 2.75) is 37.5 Å². The van der Waals surface area contributed by atoms with Crippen LogP contribution < -0.4 is 0 Å². The van der Waals surface area contributed by atoms with Crippen molar-refractivity contribution < 1.29 is 0 Å². The van der Waals surface area contributed by atoms with E-state index in [0.717, 1.165) is 39.3 Å². The van der Waals surface area contributed by atoms with Gasteiger partial charge in [0.05, 0.1) is 5.69 Å². The van der Waals surface area contributed by atoms with E-state index in [9.17, 15) is 0 Å². The maximum atomic E-state index is 5.29. The number of pyridine rings is 1. The molecular formula is C44H34N4. The minimum absolute atomic E-state index is 0.0340. The van der Waals surface area contributed by atoms with E-state index >= 15 is 0 Å². The second-order valence-corrected chi connectivity index (χ2v) is 14.7. The first-order valence-corrected chi connectivity index (χ1v) is 17.6. The molecule has 4 fully saturated rings. The lowest BCUT2D eigenvalue weighted by atomic mass is 9.43. The molecule has 0 radical (unpaired) electrons. The summed E-state index contributed by atoms with van der Waals surface area (Å²) >= 11 is 0. The SMILES string of the molecule is c1ccc2c(c1)-c1ncc(-c3nc(-c4cccc5ccccc45)nc(-c4cccc5ccccc45)n3)cc1C21C2CC3CC(C2)CC1C3. The van der Waals surface area contributed by atoms with Gasteiger partial charge in [0.2, 0.25) is 0 Å². The Morgan fingerprint density at radius 2 is 1.00 bits per heavy atom. The number of nitrogens with zero attached hydrogens (tertiary/aromatic N) is 4. The average Bonchev–Trinajstić information content (AvgIpc) is 3.43. The van der Waals surface area contributed by atoms with Crippen molar-refractivity contribution >= 4 is 21.5 Å². The van der Waals surface area contributed by atoms with Crippen molar-refractivity contribution in [1.29, 1.82) is 0 Å². The van der Waals surface area contributed by atoms with Crippen LogP contribution in [-0.2, 0) is 5.41 Å². The van der Waals surface area contributed by atoms with E-state index in [4.69, 9.17) is 19.9 Å². The molecule has 0 saturated heterocycles. The van der Waals surface area contributed by atoms with Gasteiger partial charge in [0.1, 0.15) is 0 Å². The Morgan fingerprint density at radius 3 is 1.65 bits per heavy atom. The third-order valence-electron chi connectivity index (χ3n) is 12.3. The van der Waals surface area contributed by atoms with Gasteiger partial charge in [0, 0.05) is 33.9 Å². The summed E-state index contributed by atoms with van der Waals surface area (Å²) in [4.78, 5) is 21.0. The van der Waals surface area contributed by atoms with Crippen LogP contribution in [0.1, 0.15) is 43.2 Å². The van der Waals surface area contributed by atoms with Crippen LogP contribution in [0.15, 0.2) is 121 Å². The number of fused-ring (bicyclic) bond motifs is 5. The summed E-state index contributed by atoms with van der Waals surface area (Å²) in [6.07, 6.45) is 8.81. The smallest absolute Gasteiger partial charge is 0.165 e. The van der Waals surface area contributed by atoms with E-state index in [2.05, 4.69) is 115 Å². The fourth-order valence-electron chi connectivity index (χ4n) is 10.7. The molecular weight excluding hydrogens is 585 g/mol. The summed E-state index contributed by atoms with van der Waals surface area (Å²) in [5, 5.41) is 4.61. The molecule has 0 aliphatic heterocycles. The highest BCUT2D eigenvalue weighted by Gasteiger charge is 2.61. The minimum atomic E-state index is 0.0340. The molecule has 5 aliphatic rings. The molecule has 2 heterocycles. The lowest BCUT2D eigenvalue weighted by Gasteiger charge is -2.61. The molecule has 0 unspecified atom stereocenters. The molecule has 1 spiro atoms. The molecule has 2 aromatic heterocycles. The molecule has 0 amide bonds. The van der Waals surface area contributed by atoms with Gasteiger partial charge in [-0.15, -0.1) is 0 Å². The van der Waals surface area contributed by atoms with Crippen LogP contribution in [0.5, 0.6) is 0 Å². The predicted octanol–water partition coefficient (Wildman–Crippen LogP) is 10.3. The molecule has 12 rings (SSSR count). The fourth-order valence-corrected chi connectivity index (χ4v) is 10.7. The molecule has 4 heteroatoms. The van der Waals surface area contributed by atoms with Crippen molar-refractivity contribution in [3.05, 3.63) is 133 Å². The van der Waals surface area contributed by atoms with E-state index in [1.165, 1.54) is 65.3 Å². The van der Waals surface area contributed by atoms with E-state index in [0.29, 0.717) is 29.3 Å². The Balaban J connectivity index is 1.15. The Bertz CT molecular complexity index is 2310. The van der Waals surface area contributed by atoms with Crippen LogP contribution in [0.2, 0.25) is 0 Å². The van der Waals surface area contributed by atoms with Crippen LogP contribution in [0.4, 0.5) is 0 Å². The summed E-state index contributed by atoms with van der Waals surface area (Å²) in [5.74, 6) is 5.18. The molecule has 4 saturated carbocycles. The number of benzene rings is 5. The Kier molecular flexibility index (Phi) is 5.53. The zero-order valence-corrected chi connectivity index (χ0v) is 26.7. The van der Waals surface area contributed by atoms with Gasteiger partial charge in [-0.25, -0.2) is 15.0 Å². The maximum absolute atomic E-state index is 5.29. The van der Waals surface area contributed by atoms with Gasteiger partial charge in [0.15, 0.2) is 17.5 Å². The van der Waals surface area contributed by atoms with Gasteiger partial charge in [-0.05, 0) is 94.5 Å². The molecule has 48 heavy (non-hydrogen) atoms. The van der Waals surface area contributed by atoms with Crippen LogP contribution in [0.3, 0.4) is 0 Å². The van der Waals surface area contributed by atoms with Crippen molar-refractivity contribution in [3.63, 3.8) is 0 Å². The van der Waals surface area contributed by atoms with Crippen molar-refractivity contribution in [2.24, 2.45) is 23.7 Å². The monoisotopic (exact) mass is 618 g/mol. The summed E-state index contributed by atoms with van der Waals surface area (Å²) < 4.78 is 0. The number of hydrogen-bond donors (Lipinski definition) is 0. The molecule has 230 valence electrons. The molecule has 5 aliphatic carbocycles. The van der Waals surface area contributed by atoms with Gasteiger partial charge in [-0.1, -0.05) is 109 Å². The topological polar surface area (TPSA) is 51.6 Å². The van der Waals surface area contributed by atoms with Crippen LogP contribution in [0.25, 0.3) is 67.0 Å². The standard InChI is InChI=1S/C44H34N4/c1-3-13-33-28(9-1)11-7-16-35(33)42-46-41(47-43(48-42)36-17-8-12-29-10-2-4-14-34(29)36)30-24-39-40(45-25-30)37-15-5-6-18-38(37)44(39)31-20-26-19-27(22-31)23-32(44)21-26/h1-18,24-27,31-32H,19-23H2. The van der Waals surface area contributed by atoms with Crippen LogP contribution in [-0.4, -0.2) is 19.9 Å². The van der Waals surface area contributed by atoms with Crippen molar-refractivity contribution in [1.82, 2.24) is 19.9 Å². The highest BCUT2D eigenvalue weighted by atomic mass is 15.0. The average molecular weight is 619 g/mol. The Morgan fingerprint density at radius 1 is 0.479 bits per heavy atom. The first kappa shape index (κ1) is 26.8. The van der Waals surface area contributed by atoms with Crippen LogP contribution >= 0.6 is 0 Å². The van der Waals surface area contributed by atoms with Crippen LogP contribution in [0, 0.1) is 23.7 Å². The lowest BCUT2D eigenvalue weighted by Crippen LogP contribution is -2.55. The molecule has 0 atom stereocenters. The summed E-state index contributed by atoms with van der Waals surface area (Å²) in [6.45, 7) is 0. The normalized spacial score (nSPS) is 24.8. The first-order valence-electron chi connectivity index (χ1n) is 17.6. The minimum Gasteiger partial charge on any atom is -0.255 e. The van der Waals surface area contributed by atoms with E-state index in [1.807, 2.05) is 6.20 Å². The Labute approximate surface area is 280 Å². The molecule has 7 aromatic rings. The zero-order valence-electron chi connectivity index (χ0n) is 26.7. The summed E-state index contributed by atoms with van der Waals surface area (Å²) in [6, 6.07) is 41.3. The quantitative estimate of drug-likeness (QED) is 0.198. The summed E-state index contributed by atoms with van der Waals surface area (Å²) in [7, 11) is 0. The molecule has 4 nitrogen and oxygen atoms in total. The fraction of sp³-hybridized carbons (Fsp3) is 0.227. The van der Waals surface area contributed by atoms with E-state index < -0.39 is 0 Å². The molecule has 4 bridgehead atoms. The number of rotatable bonds is 3. The second kappa shape index (κ2) is 9.90. The van der Waals surface area contributed by atoms with Gasteiger partial charge < -0.3 is 0 Å². The number of aromatic nitrogens is 4. The van der Waals surface area contributed by atoms with Gasteiger partial charge >= 0.3 is 0 Å². The highest BCUT2D eigenvalue weighted by Crippen LogP contribution is 2.69. The third-order valence-corrected chi connectivity index (χ3v) is 12.3. The van der Waals surface area contributed by atoms with Crippen molar-refractivity contribution in [2.75, 3.05) is 0 Å². The largest absolute Gasteiger partial charge is 0.255 e. The highest BCUT2D eigenvalue weighted by molar-refractivity contribution is 5.97. The first-order chi connectivity index (χ1) is 23.7. The zero-order chi connectivity index (χ0) is 31.4.